The average molecular weight is 1830 g/mol. The number of aromatic nitrogens is 2. The number of phenols is 1. The molecule has 46 nitrogen and oxygen atoms in total. The molecule has 50 heteroatoms. The number of aromatic hydroxyl groups is 1. The van der Waals surface area contributed by atoms with Gasteiger partial charge in [0.05, 0.1) is 38.5 Å². The minimum atomic E-state index is -2.02. The highest BCUT2D eigenvalue weighted by Crippen LogP contribution is 2.16. The number of thiol groups is 2. The van der Waals surface area contributed by atoms with E-state index in [0.29, 0.717) is 29.0 Å². The summed E-state index contributed by atoms with van der Waals surface area (Å²) in [5, 5.41) is 105. The lowest BCUT2D eigenvalue weighted by Gasteiger charge is -2.29. The van der Waals surface area contributed by atoms with Crippen molar-refractivity contribution in [3.8, 4) is 5.75 Å². The van der Waals surface area contributed by atoms with E-state index < -0.39 is 223 Å². The Labute approximate surface area is 740 Å². The number of carbonyl (C=O) groups excluding carboxylic acids is 14. The molecular weight excluding hydrogens is 1710 g/mol. The van der Waals surface area contributed by atoms with E-state index in [-0.39, 0.29) is 113 Å². The van der Waals surface area contributed by atoms with E-state index in [1.165, 1.54) is 67.2 Å². The molecule has 0 aliphatic rings. The highest BCUT2D eigenvalue weighted by molar-refractivity contribution is 7.98. The fourth-order valence-electron chi connectivity index (χ4n) is 11.6. The number of hydrogen-bond acceptors (Lipinski definition) is 27. The quantitative estimate of drug-likeness (QED) is 0.0108. The predicted molar refractivity (Wildman–Crippen MR) is 469 cm³/mol. The number of aliphatic hydroxyl groups excluding tert-OH is 1. The average Bonchev–Trinajstić information content (AvgIpc) is 0.899. The van der Waals surface area contributed by atoms with Crippen LogP contribution in [0.15, 0.2) is 67.1 Å². The number of benzene rings is 2. The number of carboxylic acid groups (broad SMARTS) is 2. The van der Waals surface area contributed by atoms with E-state index in [9.17, 15) is 97.1 Å². The first-order valence-corrected chi connectivity index (χ1v) is 43.6. The predicted octanol–water partition coefficient (Wildman–Crippen LogP) is -7.73. The van der Waals surface area contributed by atoms with E-state index >= 15 is 0 Å². The topological polar surface area (TPSA) is 763 Å². The number of hydrogen-bond donors (Lipinski definition) is 31. The van der Waals surface area contributed by atoms with Crippen molar-refractivity contribution in [2.24, 2.45) is 28.9 Å². The number of nitrogens with one attached hydrogen (secondary N) is 21. The second-order valence-corrected chi connectivity index (χ2v) is 31.2. The standard InChI is InChI=1S/C75H118N26O20S4/c1-5-39(2)59(71(119)98-53(35-102)68(116)100-55(37-123)70(118)95-50(29-41-17-19-43(103)20-18-41)65(113)93-48(72(120)121)16-11-25-86-75(81)82)101-64(112)46(15-10-24-85-74(79)80)91-67(115)52(31-58(106)107)97-63(111)47(22-27-125-4)92-62(110)45(14-9-23-84-73(77)78)90-57(105)34-87-56(104)33-88-61(109)49(28-40-12-7-6-8-13-40)94-66(114)51(30-42-32-83-38-89-42)96-69(117)54(36-122)99-60(108)44(76)21-26-124-3/h6-8,12-13,17-20,32,38-39,44-55,59,102-103,122-123H,5,9-11,14-16,21-31,33-37,76H2,1-4H3,(H,83,89)(H,87,104)(H,88,109)(H,90,105)(H,91,115)(H,92,110)(H,93,113)(H,94,114)(H,95,118)(H,96,117)(H,97,111)(H,98,119)(H,99,108)(H,100,116)(H,101,112)(H,106,107)(H,120,121)(H4,77,78,84)(H4,79,80,85)(H4,81,82,86)/t39-,44-,45-,46-,47-,48-,49-,50-,51-,52-,53-,54-,55-,59-/m0/s1. The molecule has 692 valence electrons. The summed E-state index contributed by atoms with van der Waals surface area (Å²) < 4.78 is 0. The molecule has 125 heavy (non-hydrogen) atoms. The number of guanidine groups is 3. The van der Waals surface area contributed by atoms with Crippen molar-refractivity contribution in [2.45, 2.75) is 176 Å². The lowest BCUT2D eigenvalue weighted by molar-refractivity contribution is -0.142. The van der Waals surface area contributed by atoms with Gasteiger partial charge >= 0.3 is 11.9 Å². The molecule has 0 saturated heterocycles. The SMILES string of the molecule is CC[C@H](C)[C@H](NC(=O)[C@H](CCCNC(=N)N)NC(=O)[C@H](CC(=O)O)NC(=O)[C@H](CCSC)NC(=O)[C@H](CCCNC(=N)N)NC(=O)CNC(=O)CNC(=O)[C@H](Cc1ccccc1)NC(=O)[C@H](Cc1cnc[nH]1)NC(=O)[C@H](CS)NC(=O)[C@@H](N)CCSC)C(=O)N[C@@H](CO)C(=O)N[C@@H](CS)C(=O)N[C@@H](Cc1ccc(O)cc1)C(=O)N[C@@H](CCCNC(=N)N)C(=O)O. The molecule has 33 N–H and O–H groups in total. The molecule has 1 aromatic heterocycles. The van der Waals surface area contributed by atoms with Crippen LogP contribution in [0, 0.1) is 22.1 Å². The molecule has 0 bridgehead atoms. The Morgan fingerprint density at radius 1 is 0.456 bits per heavy atom. The van der Waals surface area contributed by atoms with Gasteiger partial charge in [-0.25, -0.2) is 9.78 Å². The van der Waals surface area contributed by atoms with Gasteiger partial charge in [0.2, 0.25) is 82.7 Å². The summed E-state index contributed by atoms with van der Waals surface area (Å²) in [4.78, 5) is 227. The number of nitrogens with zero attached hydrogens (tertiary/aromatic N) is 1. The van der Waals surface area contributed by atoms with Crippen molar-refractivity contribution in [1.29, 1.82) is 16.2 Å². The molecule has 0 saturated carbocycles. The van der Waals surface area contributed by atoms with Crippen LogP contribution in [-0.4, -0.2) is 296 Å². The number of aliphatic carboxylic acids is 2. The summed E-state index contributed by atoms with van der Waals surface area (Å²) in [6, 6.07) is -6.05. The largest absolute Gasteiger partial charge is 0.508 e. The zero-order valence-corrected chi connectivity index (χ0v) is 72.9. The van der Waals surface area contributed by atoms with Gasteiger partial charge in [0.15, 0.2) is 17.9 Å². The van der Waals surface area contributed by atoms with Crippen molar-refractivity contribution >= 4 is 161 Å². The van der Waals surface area contributed by atoms with Crippen LogP contribution < -0.4 is 113 Å². The Morgan fingerprint density at radius 2 is 0.856 bits per heavy atom. The normalized spacial score (nSPS) is 14.3. The van der Waals surface area contributed by atoms with E-state index in [1.807, 2.05) is 6.26 Å². The Bertz CT molecular complexity index is 4090. The zero-order valence-electron chi connectivity index (χ0n) is 69.5. The summed E-state index contributed by atoms with van der Waals surface area (Å²) >= 11 is 11.1. The molecule has 0 aliphatic carbocycles. The van der Waals surface area contributed by atoms with Gasteiger partial charge in [0.25, 0.3) is 0 Å². The molecule has 14 atom stereocenters. The van der Waals surface area contributed by atoms with Crippen molar-refractivity contribution < 1.29 is 97.1 Å². The molecule has 0 unspecified atom stereocenters. The van der Waals surface area contributed by atoms with Crippen LogP contribution in [0.5, 0.6) is 5.75 Å². The maximum Gasteiger partial charge on any atom is 0.326 e. The molecule has 14 amide bonds. The zero-order chi connectivity index (χ0) is 93.3. The maximum atomic E-state index is 14.6. The van der Waals surface area contributed by atoms with Gasteiger partial charge in [-0.3, -0.25) is 88.1 Å². The summed E-state index contributed by atoms with van der Waals surface area (Å²) in [5.41, 5.74) is 23.7. The van der Waals surface area contributed by atoms with Crippen molar-refractivity contribution in [1.82, 2.24) is 100 Å². The molecule has 0 aliphatic heterocycles. The first-order chi connectivity index (χ1) is 59.4. The molecule has 0 fully saturated rings. The third-order valence-corrected chi connectivity index (χ3v) is 20.7. The van der Waals surface area contributed by atoms with Crippen molar-refractivity contribution in [3.05, 3.63) is 83.9 Å². The number of nitrogens with two attached hydrogens (primary N) is 4. The van der Waals surface area contributed by atoms with Gasteiger partial charge < -0.3 is 139 Å². The number of amides is 14. The first kappa shape index (κ1) is 107. The molecule has 0 spiro atoms. The Balaban J connectivity index is 1.85. The van der Waals surface area contributed by atoms with Crippen LogP contribution in [0.3, 0.4) is 0 Å². The number of imidazole rings is 1. The van der Waals surface area contributed by atoms with Gasteiger partial charge in [0, 0.05) is 62.3 Å². The van der Waals surface area contributed by atoms with Gasteiger partial charge in [-0.2, -0.15) is 48.8 Å². The molecule has 3 aromatic rings. The number of phenolic OH excluding ortho intramolecular Hbond substituents is 1. The smallest absolute Gasteiger partial charge is 0.326 e. The van der Waals surface area contributed by atoms with Crippen molar-refractivity contribution in [3.63, 3.8) is 0 Å². The van der Waals surface area contributed by atoms with Crippen LogP contribution in [0.2, 0.25) is 0 Å². The monoisotopic (exact) mass is 1830 g/mol. The Kier molecular flexibility index (Phi) is 50.0. The number of carbonyl (C=O) groups is 16. The van der Waals surface area contributed by atoms with Crippen LogP contribution in [-0.2, 0) is 96.0 Å². The van der Waals surface area contributed by atoms with Gasteiger partial charge in [-0.1, -0.05) is 62.7 Å². The molecule has 3 rings (SSSR count). The summed E-state index contributed by atoms with van der Waals surface area (Å²) in [6.07, 6.45) is 4.21. The number of aromatic amines is 1. The fourth-order valence-corrected chi connectivity index (χ4v) is 13.1. The Morgan fingerprint density at radius 3 is 1.34 bits per heavy atom. The molecule has 0 radical (unpaired) electrons. The number of thioether (sulfide) groups is 2. The summed E-state index contributed by atoms with van der Waals surface area (Å²) in [7, 11) is 0. The van der Waals surface area contributed by atoms with E-state index in [1.54, 1.807) is 43.5 Å². The third-order valence-electron chi connectivity index (χ3n) is 18.7. The van der Waals surface area contributed by atoms with Crippen LogP contribution in [0.25, 0.3) is 0 Å². The number of H-pyrrole nitrogens is 1. The molecule has 2 aromatic carbocycles. The number of carboxylic acids is 2. The maximum absolute atomic E-state index is 14.6. The molecular formula is C75H118N26O20S4. The second kappa shape index (κ2) is 58.3. The van der Waals surface area contributed by atoms with Crippen LogP contribution >= 0.6 is 48.8 Å². The minimum Gasteiger partial charge on any atom is -0.508 e. The number of aliphatic hydroxyl groups is 1. The van der Waals surface area contributed by atoms with Crippen molar-refractivity contribution in [2.75, 3.05) is 74.9 Å². The van der Waals surface area contributed by atoms with E-state index in [0.717, 1.165) is 0 Å². The van der Waals surface area contributed by atoms with Gasteiger partial charge in [0.1, 0.15) is 78.3 Å². The van der Waals surface area contributed by atoms with Gasteiger partial charge in [-0.05, 0) is 105 Å². The Hall–Kier alpha value is -11.9. The fraction of sp³-hybridized carbons (Fsp3) is 0.547. The lowest BCUT2D eigenvalue weighted by Crippen LogP contribution is -2.62. The highest BCUT2D eigenvalue weighted by atomic mass is 32.2. The number of rotatable bonds is 60. The minimum absolute atomic E-state index is 0.0162. The molecule has 1 heterocycles. The van der Waals surface area contributed by atoms with Crippen LogP contribution in [0.1, 0.15) is 94.9 Å². The summed E-state index contributed by atoms with van der Waals surface area (Å²) in [5.74, 6) is -19.2. The van der Waals surface area contributed by atoms with E-state index in [2.05, 4.69) is 126 Å². The van der Waals surface area contributed by atoms with E-state index in [4.69, 9.17) is 39.2 Å². The van der Waals surface area contributed by atoms with Crippen LogP contribution in [0.4, 0.5) is 0 Å². The van der Waals surface area contributed by atoms with Gasteiger partial charge in [-0.15, -0.1) is 0 Å². The highest BCUT2D eigenvalue weighted by Gasteiger charge is 2.39. The lowest BCUT2D eigenvalue weighted by atomic mass is 9.97. The summed E-state index contributed by atoms with van der Waals surface area (Å²) in [6.45, 7) is 0.406. The second-order valence-electron chi connectivity index (χ2n) is 28.5. The third kappa shape index (κ3) is 41.9. The first-order valence-electron chi connectivity index (χ1n) is 39.6.